The topological polar surface area (TPSA) is 32.3 Å². The monoisotopic (exact) mass is 277 g/mol. The number of hydrogen-bond donors (Lipinski definition) is 2. The molecule has 0 heterocycles. The second kappa shape index (κ2) is 5.90. The van der Waals surface area contributed by atoms with E-state index in [4.69, 9.17) is 5.11 Å². The second-order valence-corrected chi connectivity index (χ2v) is 5.00. The SMILES string of the molecule is CC(C)c1ccccc1NCc1cc(F)c(O)c(F)c1. The molecule has 2 N–H and O–H groups in total. The van der Waals surface area contributed by atoms with E-state index in [9.17, 15) is 8.78 Å². The van der Waals surface area contributed by atoms with Gasteiger partial charge in [-0.05, 0) is 35.2 Å². The van der Waals surface area contributed by atoms with Crippen molar-refractivity contribution in [3.8, 4) is 5.75 Å². The number of aromatic hydroxyl groups is 1. The fourth-order valence-corrected chi connectivity index (χ4v) is 2.08. The third-order valence-electron chi connectivity index (χ3n) is 3.14. The zero-order valence-electron chi connectivity index (χ0n) is 11.5. The molecule has 0 saturated carbocycles. The molecule has 0 saturated heterocycles. The molecule has 0 spiro atoms. The van der Waals surface area contributed by atoms with Gasteiger partial charge in [-0.15, -0.1) is 0 Å². The summed E-state index contributed by atoms with van der Waals surface area (Å²) in [4.78, 5) is 0. The molecule has 0 fully saturated rings. The fraction of sp³-hybridized carbons (Fsp3) is 0.250. The Kier molecular flexibility index (Phi) is 4.23. The Morgan fingerprint density at radius 1 is 1.10 bits per heavy atom. The van der Waals surface area contributed by atoms with E-state index in [2.05, 4.69) is 19.2 Å². The molecule has 0 aliphatic carbocycles. The van der Waals surface area contributed by atoms with Crippen LogP contribution in [-0.2, 0) is 6.54 Å². The van der Waals surface area contributed by atoms with Gasteiger partial charge in [0.25, 0.3) is 0 Å². The van der Waals surface area contributed by atoms with Crippen LogP contribution < -0.4 is 5.32 Å². The molecule has 0 amide bonds. The van der Waals surface area contributed by atoms with E-state index in [1.165, 1.54) is 0 Å². The molecule has 2 aromatic rings. The summed E-state index contributed by atoms with van der Waals surface area (Å²) in [5.74, 6) is -2.47. The molecule has 0 aliphatic heterocycles. The first-order chi connectivity index (χ1) is 9.49. The third kappa shape index (κ3) is 3.07. The molecule has 106 valence electrons. The van der Waals surface area contributed by atoms with E-state index in [0.29, 0.717) is 11.5 Å². The molecule has 0 unspecified atom stereocenters. The van der Waals surface area contributed by atoms with Crippen LogP contribution in [0.5, 0.6) is 5.75 Å². The Balaban J connectivity index is 2.17. The highest BCUT2D eigenvalue weighted by molar-refractivity contribution is 5.53. The maximum atomic E-state index is 13.3. The van der Waals surface area contributed by atoms with Crippen molar-refractivity contribution in [2.75, 3.05) is 5.32 Å². The molecule has 0 bridgehead atoms. The fourth-order valence-electron chi connectivity index (χ4n) is 2.08. The predicted octanol–water partition coefficient (Wildman–Crippen LogP) is 4.41. The van der Waals surface area contributed by atoms with Crippen molar-refractivity contribution in [3.63, 3.8) is 0 Å². The summed E-state index contributed by atoms with van der Waals surface area (Å²) in [6.07, 6.45) is 0. The quantitative estimate of drug-likeness (QED) is 0.867. The predicted molar refractivity (Wildman–Crippen MR) is 75.9 cm³/mol. The van der Waals surface area contributed by atoms with Crippen molar-refractivity contribution < 1.29 is 13.9 Å². The molecule has 2 aromatic carbocycles. The van der Waals surface area contributed by atoms with Crippen molar-refractivity contribution >= 4 is 5.69 Å². The van der Waals surface area contributed by atoms with Gasteiger partial charge >= 0.3 is 0 Å². The van der Waals surface area contributed by atoms with Crippen LogP contribution in [-0.4, -0.2) is 5.11 Å². The first-order valence-corrected chi connectivity index (χ1v) is 6.48. The van der Waals surface area contributed by atoms with E-state index in [0.717, 1.165) is 23.4 Å². The number of hydrogen-bond acceptors (Lipinski definition) is 2. The van der Waals surface area contributed by atoms with Crippen LogP contribution in [0.1, 0.15) is 30.9 Å². The lowest BCUT2D eigenvalue weighted by molar-refractivity contribution is 0.395. The van der Waals surface area contributed by atoms with Gasteiger partial charge in [-0.1, -0.05) is 32.0 Å². The highest BCUT2D eigenvalue weighted by atomic mass is 19.1. The second-order valence-electron chi connectivity index (χ2n) is 5.00. The van der Waals surface area contributed by atoms with Gasteiger partial charge in [0.05, 0.1) is 0 Å². The minimum Gasteiger partial charge on any atom is -0.503 e. The lowest BCUT2D eigenvalue weighted by Gasteiger charge is -2.14. The van der Waals surface area contributed by atoms with Crippen molar-refractivity contribution in [3.05, 3.63) is 59.2 Å². The van der Waals surface area contributed by atoms with E-state index < -0.39 is 17.4 Å². The molecular weight excluding hydrogens is 260 g/mol. The number of nitrogens with one attached hydrogen (secondary N) is 1. The van der Waals surface area contributed by atoms with Gasteiger partial charge in [0.2, 0.25) is 0 Å². The van der Waals surface area contributed by atoms with Crippen molar-refractivity contribution in [1.29, 1.82) is 0 Å². The average molecular weight is 277 g/mol. The Morgan fingerprint density at radius 3 is 2.30 bits per heavy atom. The first kappa shape index (κ1) is 14.3. The van der Waals surface area contributed by atoms with Crippen LogP contribution in [0.25, 0.3) is 0 Å². The van der Waals surface area contributed by atoms with Gasteiger partial charge in [0.15, 0.2) is 17.4 Å². The third-order valence-corrected chi connectivity index (χ3v) is 3.14. The molecule has 0 aliphatic rings. The van der Waals surface area contributed by atoms with Gasteiger partial charge in [0, 0.05) is 12.2 Å². The summed E-state index contributed by atoms with van der Waals surface area (Å²) in [6, 6.07) is 10.1. The lowest BCUT2D eigenvalue weighted by atomic mass is 10.0. The molecule has 4 heteroatoms. The van der Waals surface area contributed by atoms with E-state index >= 15 is 0 Å². The molecule has 0 aromatic heterocycles. The number of benzene rings is 2. The van der Waals surface area contributed by atoms with Crippen molar-refractivity contribution in [2.45, 2.75) is 26.3 Å². The summed E-state index contributed by atoms with van der Waals surface area (Å²) in [6.45, 7) is 4.46. The Labute approximate surface area is 117 Å². The largest absolute Gasteiger partial charge is 0.503 e. The molecule has 2 rings (SSSR count). The number of rotatable bonds is 4. The minimum atomic E-state index is -0.945. The van der Waals surface area contributed by atoms with E-state index in [1.54, 1.807) is 0 Å². The van der Waals surface area contributed by atoms with E-state index in [1.807, 2.05) is 24.3 Å². The number of halogens is 2. The van der Waals surface area contributed by atoms with Gasteiger partial charge in [-0.3, -0.25) is 0 Å². The molecule has 20 heavy (non-hydrogen) atoms. The summed E-state index contributed by atoms with van der Waals surface area (Å²) < 4.78 is 26.5. The minimum absolute atomic E-state index is 0.290. The van der Waals surface area contributed by atoms with Gasteiger partial charge in [0.1, 0.15) is 0 Å². The van der Waals surface area contributed by atoms with Crippen LogP contribution in [0.15, 0.2) is 36.4 Å². The van der Waals surface area contributed by atoms with Gasteiger partial charge in [-0.2, -0.15) is 0 Å². The van der Waals surface area contributed by atoms with Crippen LogP contribution in [0.2, 0.25) is 0 Å². The van der Waals surface area contributed by atoms with Crippen molar-refractivity contribution in [2.24, 2.45) is 0 Å². The summed E-state index contributed by atoms with van der Waals surface area (Å²) in [5.41, 5.74) is 2.53. The highest BCUT2D eigenvalue weighted by Gasteiger charge is 2.10. The maximum absolute atomic E-state index is 13.3. The smallest absolute Gasteiger partial charge is 0.187 e. The Hall–Kier alpha value is -2.10. The number of anilines is 1. The average Bonchev–Trinajstić information content (AvgIpc) is 2.42. The molecule has 0 radical (unpaired) electrons. The summed E-state index contributed by atoms with van der Waals surface area (Å²) >= 11 is 0. The molecule has 2 nitrogen and oxygen atoms in total. The summed E-state index contributed by atoms with van der Waals surface area (Å²) in [7, 11) is 0. The van der Waals surface area contributed by atoms with Crippen LogP contribution >= 0.6 is 0 Å². The number of phenols is 1. The van der Waals surface area contributed by atoms with Crippen LogP contribution in [0.4, 0.5) is 14.5 Å². The maximum Gasteiger partial charge on any atom is 0.187 e. The lowest BCUT2D eigenvalue weighted by Crippen LogP contribution is -2.04. The molecule has 0 atom stereocenters. The normalized spacial score (nSPS) is 10.8. The van der Waals surface area contributed by atoms with Crippen LogP contribution in [0, 0.1) is 11.6 Å². The number of para-hydroxylation sites is 1. The highest BCUT2D eigenvalue weighted by Crippen LogP contribution is 2.25. The van der Waals surface area contributed by atoms with Gasteiger partial charge in [-0.25, -0.2) is 8.78 Å². The summed E-state index contributed by atoms with van der Waals surface area (Å²) in [5, 5.41) is 12.2. The zero-order valence-corrected chi connectivity index (χ0v) is 11.5. The first-order valence-electron chi connectivity index (χ1n) is 6.48. The number of phenolic OH excluding ortho intramolecular Hbond substituents is 1. The Bertz CT molecular complexity index is 588. The molecular formula is C16H17F2NO. The van der Waals surface area contributed by atoms with Crippen molar-refractivity contribution in [1.82, 2.24) is 0 Å². The van der Waals surface area contributed by atoms with Crippen LogP contribution in [0.3, 0.4) is 0 Å². The zero-order chi connectivity index (χ0) is 14.7. The standard InChI is InChI=1S/C16H17F2NO/c1-10(2)12-5-3-4-6-15(12)19-9-11-7-13(17)16(20)14(18)8-11/h3-8,10,19-20H,9H2,1-2H3. The van der Waals surface area contributed by atoms with Gasteiger partial charge < -0.3 is 10.4 Å². The van der Waals surface area contributed by atoms with E-state index in [-0.39, 0.29) is 6.54 Å². The Morgan fingerprint density at radius 2 is 1.70 bits per heavy atom.